The van der Waals surface area contributed by atoms with Gasteiger partial charge >= 0.3 is 0 Å². The number of aliphatic imine (C=N–C) groups is 1. The Morgan fingerprint density at radius 1 is 0.833 bits per heavy atom. The van der Waals surface area contributed by atoms with E-state index in [2.05, 4.69) is 5.32 Å². The molecule has 3 aliphatic heterocycles. The van der Waals surface area contributed by atoms with Crippen molar-refractivity contribution in [3.63, 3.8) is 0 Å². The molecule has 1 N–H and O–H groups in total. The minimum Gasteiger partial charge on any atom is -0.294 e. The molecular weight excluding hydrogens is 378 g/mol. The number of anilines is 1. The third kappa shape index (κ3) is 2.08. The van der Waals surface area contributed by atoms with Crippen LogP contribution in [0.15, 0.2) is 89.9 Å². The SMILES string of the molecule is O=C1NC(=O)[C@@H]2ON3c4ccccc4C(=Nc4ccccc4)[C@@]3(c3ccccc3)[C@H]12. The van der Waals surface area contributed by atoms with E-state index in [1.807, 2.05) is 84.9 Å². The van der Waals surface area contributed by atoms with Crippen molar-refractivity contribution < 1.29 is 14.4 Å². The Labute approximate surface area is 172 Å². The molecule has 0 spiro atoms. The lowest BCUT2D eigenvalue weighted by Gasteiger charge is -2.35. The van der Waals surface area contributed by atoms with Crippen LogP contribution in [0, 0.1) is 5.92 Å². The minimum absolute atomic E-state index is 0.343. The molecule has 0 saturated carbocycles. The Kier molecular flexibility index (Phi) is 3.49. The van der Waals surface area contributed by atoms with Crippen molar-refractivity contribution in [3.05, 3.63) is 96.1 Å². The van der Waals surface area contributed by atoms with Crippen LogP contribution in [0.2, 0.25) is 0 Å². The summed E-state index contributed by atoms with van der Waals surface area (Å²) in [6.45, 7) is 0. The van der Waals surface area contributed by atoms with Crippen LogP contribution < -0.4 is 10.4 Å². The topological polar surface area (TPSA) is 71.0 Å². The Hall–Kier alpha value is -3.77. The molecule has 0 aromatic heterocycles. The first-order chi connectivity index (χ1) is 14.7. The highest BCUT2D eigenvalue weighted by atomic mass is 16.7. The van der Waals surface area contributed by atoms with Gasteiger partial charge in [0, 0.05) is 5.56 Å². The summed E-state index contributed by atoms with van der Waals surface area (Å²) in [6.07, 6.45) is -0.896. The number of carbonyl (C=O) groups is 2. The average molecular weight is 395 g/mol. The second kappa shape index (κ2) is 6.11. The van der Waals surface area contributed by atoms with Gasteiger partial charge in [0.05, 0.1) is 17.1 Å². The van der Waals surface area contributed by atoms with E-state index in [4.69, 9.17) is 9.83 Å². The molecule has 0 radical (unpaired) electrons. The van der Waals surface area contributed by atoms with E-state index in [-0.39, 0.29) is 5.91 Å². The van der Waals surface area contributed by atoms with Gasteiger partial charge in [-0.25, -0.2) is 10.1 Å². The zero-order chi connectivity index (χ0) is 20.3. The maximum atomic E-state index is 13.0. The summed E-state index contributed by atoms with van der Waals surface area (Å²) in [5, 5.41) is 4.18. The zero-order valence-electron chi connectivity index (χ0n) is 15.9. The smallest absolute Gasteiger partial charge is 0.259 e. The quantitative estimate of drug-likeness (QED) is 0.677. The van der Waals surface area contributed by atoms with Gasteiger partial charge in [-0.15, -0.1) is 0 Å². The Bertz CT molecular complexity index is 1210. The summed E-state index contributed by atoms with van der Waals surface area (Å²) in [5.41, 5.74) is 2.97. The van der Waals surface area contributed by atoms with Gasteiger partial charge in [0.1, 0.15) is 11.5 Å². The number of para-hydroxylation sites is 2. The van der Waals surface area contributed by atoms with Gasteiger partial charge in [-0.1, -0.05) is 66.7 Å². The molecule has 0 aliphatic carbocycles. The number of carbonyl (C=O) groups excluding carboxylic acids is 2. The van der Waals surface area contributed by atoms with E-state index < -0.39 is 23.5 Å². The van der Waals surface area contributed by atoms with Gasteiger partial charge in [0.25, 0.3) is 5.91 Å². The number of hydroxylamine groups is 1. The zero-order valence-corrected chi connectivity index (χ0v) is 15.9. The predicted octanol–water partition coefficient (Wildman–Crippen LogP) is 3.11. The summed E-state index contributed by atoms with van der Waals surface area (Å²) >= 11 is 0. The number of imide groups is 1. The maximum absolute atomic E-state index is 13.0. The van der Waals surface area contributed by atoms with Gasteiger partial charge in [-0.05, 0) is 23.8 Å². The van der Waals surface area contributed by atoms with Crippen molar-refractivity contribution in [1.82, 2.24) is 5.32 Å². The van der Waals surface area contributed by atoms with Crippen molar-refractivity contribution in [3.8, 4) is 0 Å². The molecule has 3 aromatic carbocycles. The van der Waals surface area contributed by atoms with Crippen LogP contribution in [0.1, 0.15) is 11.1 Å². The number of rotatable bonds is 2. The van der Waals surface area contributed by atoms with Crippen molar-refractivity contribution >= 4 is 28.9 Å². The summed E-state index contributed by atoms with van der Waals surface area (Å²) < 4.78 is 0. The standard InChI is InChI=1S/C24H17N3O3/c28-22-19-20(23(29)26-22)30-27-18-14-8-7-13-17(18)21(25-16-11-5-2-6-12-16)24(19,27)15-9-3-1-4-10-15/h1-14,19-20H,(H,26,28,29)/t19-,20+,24+/m0/s1. The van der Waals surface area contributed by atoms with Gasteiger partial charge < -0.3 is 0 Å². The summed E-state index contributed by atoms with van der Waals surface area (Å²) in [7, 11) is 0. The lowest BCUT2D eigenvalue weighted by atomic mass is 9.73. The molecule has 2 amide bonds. The molecule has 3 atom stereocenters. The van der Waals surface area contributed by atoms with Crippen LogP contribution in [0.25, 0.3) is 0 Å². The largest absolute Gasteiger partial charge is 0.294 e. The molecule has 3 aliphatic rings. The fourth-order valence-corrected chi connectivity index (χ4v) is 4.85. The molecule has 2 saturated heterocycles. The highest BCUT2D eigenvalue weighted by molar-refractivity contribution is 6.23. The first kappa shape index (κ1) is 17.1. The van der Waals surface area contributed by atoms with E-state index in [0.29, 0.717) is 5.71 Å². The van der Waals surface area contributed by atoms with Crippen LogP contribution in [0.4, 0.5) is 11.4 Å². The van der Waals surface area contributed by atoms with E-state index in [1.54, 1.807) is 5.06 Å². The van der Waals surface area contributed by atoms with Crippen LogP contribution >= 0.6 is 0 Å². The third-order valence-electron chi connectivity index (χ3n) is 6.03. The van der Waals surface area contributed by atoms with E-state index in [0.717, 1.165) is 22.5 Å². The van der Waals surface area contributed by atoms with Crippen molar-refractivity contribution in [2.45, 2.75) is 11.6 Å². The van der Waals surface area contributed by atoms with Gasteiger partial charge in [0.2, 0.25) is 5.91 Å². The fraction of sp³-hybridized carbons (Fsp3) is 0.125. The number of nitrogens with one attached hydrogen (secondary N) is 1. The van der Waals surface area contributed by atoms with Crippen molar-refractivity contribution in [1.29, 1.82) is 0 Å². The van der Waals surface area contributed by atoms with Crippen LogP contribution in [-0.4, -0.2) is 23.6 Å². The maximum Gasteiger partial charge on any atom is 0.259 e. The summed E-state index contributed by atoms with van der Waals surface area (Å²) in [4.78, 5) is 36.7. The fourth-order valence-electron chi connectivity index (χ4n) is 4.85. The van der Waals surface area contributed by atoms with E-state index >= 15 is 0 Å². The number of fused-ring (bicyclic) bond motifs is 5. The average Bonchev–Trinajstić information content (AvgIpc) is 3.37. The van der Waals surface area contributed by atoms with Crippen LogP contribution in [-0.2, 0) is 20.0 Å². The first-order valence-corrected chi connectivity index (χ1v) is 9.82. The van der Waals surface area contributed by atoms with Gasteiger partial charge in [-0.3, -0.25) is 19.7 Å². The van der Waals surface area contributed by atoms with Gasteiger partial charge in [0.15, 0.2) is 6.10 Å². The Morgan fingerprint density at radius 2 is 1.50 bits per heavy atom. The molecule has 0 bridgehead atoms. The first-order valence-electron chi connectivity index (χ1n) is 9.82. The lowest BCUT2D eigenvalue weighted by Crippen LogP contribution is -2.50. The molecule has 0 unspecified atom stereocenters. The lowest BCUT2D eigenvalue weighted by molar-refractivity contribution is -0.129. The highest BCUT2D eigenvalue weighted by Crippen LogP contribution is 2.57. The minimum atomic E-state index is -1.04. The summed E-state index contributed by atoms with van der Waals surface area (Å²) in [6, 6.07) is 27.1. The predicted molar refractivity (Wildman–Crippen MR) is 111 cm³/mol. The highest BCUT2D eigenvalue weighted by Gasteiger charge is 2.70. The Morgan fingerprint density at radius 3 is 2.27 bits per heavy atom. The van der Waals surface area contributed by atoms with E-state index in [9.17, 15) is 9.59 Å². The van der Waals surface area contributed by atoms with Crippen molar-refractivity contribution in [2.75, 3.05) is 5.06 Å². The molecule has 6 nitrogen and oxygen atoms in total. The molecule has 6 heteroatoms. The second-order valence-corrected chi connectivity index (χ2v) is 7.60. The van der Waals surface area contributed by atoms with E-state index in [1.165, 1.54) is 0 Å². The molecule has 30 heavy (non-hydrogen) atoms. The molecule has 3 aromatic rings. The number of hydrogen-bond donors (Lipinski definition) is 1. The van der Waals surface area contributed by atoms with Crippen LogP contribution in [0.3, 0.4) is 0 Å². The third-order valence-corrected chi connectivity index (χ3v) is 6.03. The number of benzene rings is 3. The monoisotopic (exact) mass is 395 g/mol. The Balaban J connectivity index is 1.70. The summed E-state index contributed by atoms with van der Waals surface area (Å²) in [5.74, 6) is -1.50. The second-order valence-electron chi connectivity index (χ2n) is 7.60. The number of amides is 2. The molecule has 6 rings (SSSR count). The number of hydrogen-bond acceptors (Lipinski definition) is 5. The molecular formula is C24H17N3O3. The van der Waals surface area contributed by atoms with Gasteiger partial charge in [-0.2, -0.15) is 0 Å². The molecule has 146 valence electrons. The number of nitrogens with zero attached hydrogens (tertiary/aromatic N) is 2. The molecule has 3 heterocycles. The normalized spacial score (nSPS) is 27.7. The van der Waals surface area contributed by atoms with Crippen molar-refractivity contribution in [2.24, 2.45) is 10.9 Å². The molecule has 2 fully saturated rings. The van der Waals surface area contributed by atoms with Crippen LogP contribution in [0.5, 0.6) is 0 Å².